The Morgan fingerprint density at radius 1 is 1.32 bits per heavy atom. The molecular weight excluding hydrogens is 246 g/mol. The molecule has 1 unspecified atom stereocenters. The number of carbonyl (C=O) groups excluding carboxylic acids is 2. The fourth-order valence-electron chi connectivity index (χ4n) is 3.36. The molecule has 1 saturated carbocycles. The van der Waals surface area contributed by atoms with Gasteiger partial charge in [-0.15, -0.1) is 0 Å². The lowest BCUT2D eigenvalue weighted by molar-refractivity contribution is -0.147. The van der Waals surface area contributed by atoms with Gasteiger partial charge in [0, 0.05) is 18.9 Å². The lowest BCUT2D eigenvalue weighted by Crippen LogP contribution is -2.43. The van der Waals surface area contributed by atoms with Crippen molar-refractivity contribution < 1.29 is 19.5 Å². The zero-order chi connectivity index (χ0) is 14.0. The number of hydrogen-bond acceptors (Lipinski definition) is 3. The summed E-state index contributed by atoms with van der Waals surface area (Å²) in [6.07, 6.45) is 4.99. The van der Waals surface area contributed by atoms with Crippen molar-refractivity contribution in [2.24, 2.45) is 11.3 Å². The molecule has 0 aromatic carbocycles. The van der Waals surface area contributed by atoms with Crippen LogP contribution in [0, 0.1) is 11.3 Å². The predicted octanol–water partition coefficient (Wildman–Crippen LogP) is 1.81. The number of hydrogen-bond donors (Lipinski definition) is 1. The lowest BCUT2D eigenvalue weighted by Gasteiger charge is -2.38. The van der Waals surface area contributed by atoms with Crippen molar-refractivity contribution in [2.45, 2.75) is 51.9 Å². The van der Waals surface area contributed by atoms with Crippen molar-refractivity contribution in [2.75, 3.05) is 6.54 Å². The van der Waals surface area contributed by atoms with Crippen LogP contribution in [0.15, 0.2) is 0 Å². The number of carboxylic acid groups (broad SMARTS) is 1. The summed E-state index contributed by atoms with van der Waals surface area (Å²) in [5.41, 5.74) is -0.403. The van der Waals surface area contributed by atoms with Crippen molar-refractivity contribution in [1.82, 2.24) is 4.90 Å². The van der Waals surface area contributed by atoms with E-state index in [9.17, 15) is 14.4 Å². The first kappa shape index (κ1) is 14.0. The molecule has 0 spiro atoms. The fraction of sp³-hybridized carbons (Fsp3) is 0.786. The van der Waals surface area contributed by atoms with Crippen LogP contribution in [-0.4, -0.2) is 34.3 Å². The van der Waals surface area contributed by atoms with E-state index in [0.29, 0.717) is 6.54 Å². The zero-order valence-electron chi connectivity index (χ0n) is 11.4. The molecular formula is C14H21NO4. The van der Waals surface area contributed by atoms with E-state index in [4.69, 9.17) is 5.11 Å². The minimum atomic E-state index is -0.839. The molecule has 0 aromatic heterocycles. The molecule has 5 heteroatoms. The minimum absolute atomic E-state index is 0.0540. The molecule has 1 atom stereocenters. The van der Waals surface area contributed by atoms with Gasteiger partial charge in [-0.05, 0) is 18.3 Å². The Morgan fingerprint density at radius 3 is 2.42 bits per heavy atom. The molecule has 106 valence electrons. The largest absolute Gasteiger partial charge is 0.481 e. The Balaban J connectivity index is 2.13. The summed E-state index contributed by atoms with van der Waals surface area (Å²) >= 11 is 0. The van der Waals surface area contributed by atoms with Gasteiger partial charge in [-0.2, -0.15) is 0 Å². The maximum atomic E-state index is 12.0. The van der Waals surface area contributed by atoms with Gasteiger partial charge < -0.3 is 5.11 Å². The molecule has 1 saturated heterocycles. The van der Waals surface area contributed by atoms with Gasteiger partial charge in [0.15, 0.2) is 0 Å². The number of carboxylic acids is 1. The highest BCUT2D eigenvalue weighted by Crippen LogP contribution is 2.41. The molecule has 0 radical (unpaired) electrons. The predicted molar refractivity (Wildman–Crippen MR) is 68.3 cm³/mol. The molecule has 0 bridgehead atoms. The number of nitrogens with zero attached hydrogens (tertiary/aromatic N) is 1. The maximum Gasteiger partial charge on any atom is 0.303 e. The molecule has 1 aliphatic heterocycles. The number of likely N-dealkylation sites (tertiary alicyclic amines) is 1. The van der Waals surface area contributed by atoms with E-state index in [2.05, 4.69) is 0 Å². The highest BCUT2D eigenvalue weighted by molar-refractivity contribution is 6.03. The molecule has 0 aromatic rings. The van der Waals surface area contributed by atoms with Gasteiger partial charge in [-0.3, -0.25) is 19.3 Å². The lowest BCUT2D eigenvalue weighted by atomic mass is 9.71. The normalized spacial score (nSPS) is 26.8. The number of imide groups is 1. The van der Waals surface area contributed by atoms with Crippen LogP contribution in [0.4, 0.5) is 0 Å². The molecule has 19 heavy (non-hydrogen) atoms. The van der Waals surface area contributed by atoms with Crippen molar-refractivity contribution in [3.63, 3.8) is 0 Å². The van der Waals surface area contributed by atoms with E-state index in [0.717, 1.165) is 32.1 Å². The standard InChI is InChI=1S/C14H21NO4/c1-10-7-11(16)15(13(10)19)9-14(8-12(17)18)5-3-2-4-6-14/h10H,2-9H2,1H3,(H,17,18). The van der Waals surface area contributed by atoms with E-state index >= 15 is 0 Å². The Kier molecular flexibility index (Phi) is 3.92. The van der Waals surface area contributed by atoms with Crippen LogP contribution in [0.1, 0.15) is 51.9 Å². The van der Waals surface area contributed by atoms with Crippen molar-refractivity contribution in [3.8, 4) is 0 Å². The Hall–Kier alpha value is -1.39. The van der Waals surface area contributed by atoms with Gasteiger partial charge in [-0.1, -0.05) is 26.2 Å². The quantitative estimate of drug-likeness (QED) is 0.788. The van der Waals surface area contributed by atoms with Crippen LogP contribution >= 0.6 is 0 Å². The second-order valence-corrected chi connectivity index (χ2v) is 6.05. The maximum absolute atomic E-state index is 12.0. The molecule has 5 nitrogen and oxygen atoms in total. The molecule has 2 aliphatic rings. The first-order valence-corrected chi connectivity index (χ1v) is 7.00. The topological polar surface area (TPSA) is 74.7 Å². The molecule has 2 amide bonds. The van der Waals surface area contributed by atoms with Gasteiger partial charge >= 0.3 is 5.97 Å². The molecule has 1 heterocycles. The van der Waals surface area contributed by atoms with Gasteiger partial charge in [0.05, 0.1) is 6.42 Å². The third-order valence-corrected chi connectivity index (χ3v) is 4.40. The number of amides is 2. The van der Waals surface area contributed by atoms with E-state index in [1.54, 1.807) is 6.92 Å². The molecule has 2 fully saturated rings. The first-order chi connectivity index (χ1) is 8.93. The summed E-state index contributed by atoms with van der Waals surface area (Å²) in [7, 11) is 0. The summed E-state index contributed by atoms with van der Waals surface area (Å²) in [4.78, 5) is 36.2. The summed E-state index contributed by atoms with van der Waals surface area (Å²) < 4.78 is 0. The SMILES string of the molecule is CC1CC(=O)N(CC2(CC(=O)O)CCCCC2)C1=O. The summed E-state index contributed by atoms with van der Waals surface area (Å²) in [5, 5.41) is 9.10. The van der Waals surface area contributed by atoms with Crippen LogP contribution in [0.5, 0.6) is 0 Å². The van der Waals surface area contributed by atoms with Crippen LogP contribution in [0.2, 0.25) is 0 Å². The fourth-order valence-corrected chi connectivity index (χ4v) is 3.36. The molecule has 1 N–H and O–H groups in total. The minimum Gasteiger partial charge on any atom is -0.481 e. The molecule has 2 rings (SSSR count). The van der Waals surface area contributed by atoms with Crippen molar-refractivity contribution in [1.29, 1.82) is 0 Å². The number of rotatable bonds is 4. The second kappa shape index (κ2) is 5.31. The first-order valence-electron chi connectivity index (χ1n) is 7.00. The Bertz CT molecular complexity index is 398. The number of carbonyl (C=O) groups is 3. The van der Waals surface area contributed by atoms with E-state index in [-0.39, 0.29) is 30.6 Å². The van der Waals surface area contributed by atoms with Crippen molar-refractivity contribution >= 4 is 17.8 Å². The average Bonchev–Trinajstić information content (AvgIpc) is 2.56. The number of aliphatic carboxylic acids is 1. The van der Waals surface area contributed by atoms with E-state index < -0.39 is 11.4 Å². The van der Waals surface area contributed by atoms with Gasteiger partial charge in [-0.25, -0.2) is 0 Å². The Morgan fingerprint density at radius 2 is 1.95 bits per heavy atom. The van der Waals surface area contributed by atoms with E-state index in [1.807, 2.05) is 0 Å². The van der Waals surface area contributed by atoms with Gasteiger partial charge in [0.1, 0.15) is 0 Å². The van der Waals surface area contributed by atoms with E-state index in [1.165, 1.54) is 4.90 Å². The third-order valence-electron chi connectivity index (χ3n) is 4.40. The van der Waals surface area contributed by atoms with Gasteiger partial charge in [0.25, 0.3) is 0 Å². The smallest absolute Gasteiger partial charge is 0.303 e. The monoisotopic (exact) mass is 267 g/mol. The van der Waals surface area contributed by atoms with Crippen LogP contribution in [0.25, 0.3) is 0 Å². The van der Waals surface area contributed by atoms with Crippen molar-refractivity contribution in [3.05, 3.63) is 0 Å². The van der Waals surface area contributed by atoms with Crippen LogP contribution in [0.3, 0.4) is 0 Å². The van der Waals surface area contributed by atoms with Gasteiger partial charge in [0.2, 0.25) is 11.8 Å². The highest BCUT2D eigenvalue weighted by Gasteiger charge is 2.43. The Labute approximate surface area is 113 Å². The second-order valence-electron chi connectivity index (χ2n) is 6.05. The zero-order valence-corrected chi connectivity index (χ0v) is 11.4. The summed E-state index contributed by atoms with van der Waals surface area (Å²) in [5.74, 6) is -1.37. The third kappa shape index (κ3) is 2.96. The molecule has 1 aliphatic carbocycles. The average molecular weight is 267 g/mol. The summed E-state index contributed by atoms with van der Waals surface area (Å²) in [6.45, 7) is 2.05. The highest BCUT2D eigenvalue weighted by atomic mass is 16.4. The van der Waals surface area contributed by atoms with Crippen LogP contribution in [-0.2, 0) is 14.4 Å². The van der Waals surface area contributed by atoms with Crippen LogP contribution < -0.4 is 0 Å². The summed E-state index contributed by atoms with van der Waals surface area (Å²) in [6, 6.07) is 0.